The van der Waals surface area contributed by atoms with Gasteiger partial charge in [-0.05, 0) is 38.1 Å². The number of ketones is 1. The Morgan fingerprint density at radius 3 is 1.93 bits per heavy atom. The molecule has 2 rings (SSSR count). The molecule has 0 aliphatic carbocycles. The van der Waals surface area contributed by atoms with Crippen LogP contribution in [0.2, 0.25) is 0 Å². The van der Waals surface area contributed by atoms with Gasteiger partial charge in [0.05, 0.1) is 16.7 Å². The van der Waals surface area contributed by atoms with Crippen LogP contribution in [0.3, 0.4) is 0 Å². The molecule has 1 amide bonds. The van der Waals surface area contributed by atoms with E-state index in [1.54, 1.807) is 6.92 Å². The van der Waals surface area contributed by atoms with Crippen LogP contribution in [0.4, 0.5) is 32.0 Å². The number of amides is 1. The molecule has 0 unspecified atom stereocenters. The number of rotatable bonds is 5. The van der Waals surface area contributed by atoms with Crippen LogP contribution in [0.5, 0.6) is 0 Å². The number of carbonyl (C=O) groups is 2. The summed E-state index contributed by atoms with van der Waals surface area (Å²) in [5.74, 6) is -0.375. The van der Waals surface area contributed by atoms with Crippen LogP contribution < -0.4 is 5.32 Å². The Hall–Kier alpha value is -2.78. The molecule has 0 saturated carbocycles. The number of halogens is 6. The third-order valence-corrected chi connectivity index (χ3v) is 3.82. The van der Waals surface area contributed by atoms with Crippen molar-refractivity contribution in [1.29, 1.82) is 0 Å². The fourth-order valence-corrected chi connectivity index (χ4v) is 2.50. The summed E-state index contributed by atoms with van der Waals surface area (Å²) in [7, 11) is 0. The van der Waals surface area contributed by atoms with Gasteiger partial charge in [-0.25, -0.2) is 0 Å². The zero-order valence-corrected chi connectivity index (χ0v) is 14.7. The Labute approximate surface area is 155 Å². The van der Waals surface area contributed by atoms with Gasteiger partial charge in [0.25, 0.3) is 0 Å². The van der Waals surface area contributed by atoms with Crippen molar-refractivity contribution in [2.75, 3.05) is 5.32 Å². The quantitative estimate of drug-likeness (QED) is 0.533. The van der Waals surface area contributed by atoms with Crippen LogP contribution in [-0.2, 0) is 23.6 Å². The van der Waals surface area contributed by atoms with Gasteiger partial charge in [0.15, 0.2) is 5.78 Å². The fraction of sp³-hybridized carbons (Fsp3) is 0.333. The molecule has 10 heteroatoms. The molecule has 1 aromatic carbocycles. The van der Waals surface area contributed by atoms with E-state index in [2.05, 4.69) is 0 Å². The van der Waals surface area contributed by atoms with Crippen molar-refractivity contribution in [3.63, 3.8) is 0 Å². The summed E-state index contributed by atoms with van der Waals surface area (Å²) >= 11 is 0. The van der Waals surface area contributed by atoms with Crippen molar-refractivity contribution in [3.8, 4) is 0 Å². The minimum atomic E-state index is -5.00. The normalized spacial score (nSPS) is 12.1. The molecule has 0 aliphatic rings. The van der Waals surface area contributed by atoms with Gasteiger partial charge in [-0.2, -0.15) is 26.3 Å². The molecule has 4 nitrogen and oxygen atoms in total. The van der Waals surface area contributed by atoms with E-state index in [1.165, 1.54) is 13.0 Å². The standard InChI is InChI=1S/C18H15F6NO3/c1-9(26)15-8-14(28-10(15)2)3-4-16(27)25-13-6-11(17(19,20)21)5-12(7-13)18(22,23)24/h5-8H,3-4H2,1-2H3,(H,25,27). The summed E-state index contributed by atoms with van der Waals surface area (Å²) < 4.78 is 82.3. The summed E-state index contributed by atoms with van der Waals surface area (Å²) in [4.78, 5) is 23.3. The molecular weight excluding hydrogens is 392 g/mol. The Kier molecular flexibility index (Phi) is 5.91. The molecule has 0 radical (unpaired) electrons. The molecule has 1 heterocycles. The molecule has 28 heavy (non-hydrogen) atoms. The number of hydrogen-bond donors (Lipinski definition) is 1. The van der Waals surface area contributed by atoms with Crippen molar-refractivity contribution < 1.29 is 40.3 Å². The lowest BCUT2D eigenvalue weighted by atomic mass is 10.1. The lowest BCUT2D eigenvalue weighted by Gasteiger charge is -2.14. The summed E-state index contributed by atoms with van der Waals surface area (Å²) in [6, 6.07) is 2.28. The third kappa shape index (κ3) is 5.37. The Bertz CT molecular complexity index is 863. The largest absolute Gasteiger partial charge is 0.466 e. The number of hydrogen-bond acceptors (Lipinski definition) is 3. The second-order valence-corrected chi connectivity index (χ2v) is 6.08. The van der Waals surface area contributed by atoms with Gasteiger partial charge in [0, 0.05) is 18.5 Å². The number of aryl methyl sites for hydroxylation is 2. The first kappa shape index (κ1) is 21.5. The molecule has 2 aromatic rings. The topological polar surface area (TPSA) is 59.3 Å². The van der Waals surface area contributed by atoms with Crippen molar-refractivity contribution >= 4 is 17.4 Å². The predicted octanol–water partition coefficient (Wildman–Crippen LogP) is 5.40. The van der Waals surface area contributed by atoms with Crippen molar-refractivity contribution in [3.05, 3.63) is 52.5 Å². The van der Waals surface area contributed by atoms with Crippen molar-refractivity contribution in [1.82, 2.24) is 0 Å². The van der Waals surface area contributed by atoms with Crippen molar-refractivity contribution in [2.45, 2.75) is 39.0 Å². The lowest BCUT2D eigenvalue weighted by Crippen LogP contribution is -2.16. The second kappa shape index (κ2) is 7.69. The zero-order chi connectivity index (χ0) is 21.3. The Balaban J connectivity index is 2.14. The highest BCUT2D eigenvalue weighted by Crippen LogP contribution is 2.37. The van der Waals surface area contributed by atoms with Gasteiger partial charge in [-0.3, -0.25) is 9.59 Å². The number of benzene rings is 1. The minimum Gasteiger partial charge on any atom is -0.466 e. The molecule has 1 N–H and O–H groups in total. The number of carbonyl (C=O) groups excluding carboxylic acids is 2. The van der Waals surface area contributed by atoms with E-state index in [4.69, 9.17) is 4.42 Å². The van der Waals surface area contributed by atoms with Crippen molar-refractivity contribution in [2.24, 2.45) is 0 Å². The van der Waals surface area contributed by atoms with E-state index in [0.29, 0.717) is 29.2 Å². The average Bonchev–Trinajstić information content (AvgIpc) is 2.92. The molecule has 0 aliphatic heterocycles. The number of furan rings is 1. The highest BCUT2D eigenvalue weighted by molar-refractivity contribution is 5.95. The second-order valence-electron chi connectivity index (χ2n) is 6.08. The van der Waals surface area contributed by atoms with Crippen LogP contribution in [0.15, 0.2) is 28.7 Å². The van der Waals surface area contributed by atoms with E-state index in [0.717, 1.165) is 0 Å². The average molecular weight is 407 g/mol. The number of nitrogens with one attached hydrogen (secondary N) is 1. The highest BCUT2D eigenvalue weighted by atomic mass is 19.4. The Morgan fingerprint density at radius 2 is 1.50 bits per heavy atom. The molecule has 0 bridgehead atoms. The maximum absolute atomic E-state index is 12.8. The van der Waals surface area contributed by atoms with Crippen LogP contribution in [0, 0.1) is 6.92 Å². The maximum atomic E-state index is 12.8. The lowest BCUT2D eigenvalue weighted by molar-refractivity contribution is -0.143. The summed E-state index contributed by atoms with van der Waals surface area (Å²) in [6.07, 6.45) is -10.3. The predicted molar refractivity (Wildman–Crippen MR) is 86.8 cm³/mol. The number of alkyl halides is 6. The minimum absolute atomic E-state index is 0.0189. The fourth-order valence-electron chi connectivity index (χ4n) is 2.50. The van der Waals surface area contributed by atoms with Crippen LogP contribution in [0.25, 0.3) is 0 Å². The van der Waals surface area contributed by atoms with Gasteiger partial charge < -0.3 is 9.73 Å². The van der Waals surface area contributed by atoms with Crippen LogP contribution >= 0.6 is 0 Å². The first-order valence-electron chi connectivity index (χ1n) is 7.97. The van der Waals surface area contributed by atoms with E-state index in [9.17, 15) is 35.9 Å². The van der Waals surface area contributed by atoms with E-state index < -0.39 is 35.1 Å². The SMILES string of the molecule is CC(=O)c1cc(CCC(=O)Nc2cc(C(F)(F)F)cc(C(F)(F)F)c2)oc1C. The first-order chi connectivity index (χ1) is 12.8. The van der Waals surface area contributed by atoms with Gasteiger partial charge in [0.1, 0.15) is 11.5 Å². The Morgan fingerprint density at radius 1 is 0.964 bits per heavy atom. The number of Topliss-reactive ketones (excluding diaryl/α,β-unsaturated/α-hetero) is 1. The van der Waals surface area contributed by atoms with Gasteiger partial charge in [-0.1, -0.05) is 0 Å². The molecule has 0 saturated heterocycles. The van der Waals surface area contributed by atoms with Gasteiger partial charge >= 0.3 is 12.4 Å². The maximum Gasteiger partial charge on any atom is 0.416 e. The van der Waals surface area contributed by atoms with Gasteiger partial charge in [0.2, 0.25) is 5.91 Å². The summed E-state index contributed by atoms with van der Waals surface area (Å²) in [5.41, 5.74) is -3.33. The van der Waals surface area contributed by atoms with Crippen LogP contribution in [-0.4, -0.2) is 11.7 Å². The first-order valence-corrected chi connectivity index (χ1v) is 7.97. The molecule has 0 spiro atoms. The monoisotopic (exact) mass is 407 g/mol. The van der Waals surface area contributed by atoms with E-state index in [-0.39, 0.29) is 24.7 Å². The molecular formula is C18H15F6NO3. The summed E-state index contributed by atoms with van der Waals surface area (Å²) in [6.45, 7) is 2.89. The molecule has 152 valence electrons. The van der Waals surface area contributed by atoms with E-state index >= 15 is 0 Å². The number of anilines is 1. The molecule has 0 fully saturated rings. The third-order valence-electron chi connectivity index (χ3n) is 3.82. The van der Waals surface area contributed by atoms with Crippen LogP contribution in [0.1, 0.15) is 46.3 Å². The molecule has 1 aromatic heterocycles. The van der Waals surface area contributed by atoms with Gasteiger partial charge in [-0.15, -0.1) is 0 Å². The molecule has 0 atom stereocenters. The van der Waals surface area contributed by atoms with E-state index in [1.807, 2.05) is 5.32 Å². The highest BCUT2D eigenvalue weighted by Gasteiger charge is 2.37. The summed E-state index contributed by atoms with van der Waals surface area (Å²) in [5, 5.41) is 2.03. The zero-order valence-electron chi connectivity index (χ0n) is 14.7. The smallest absolute Gasteiger partial charge is 0.416 e.